The zero-order valence-electron chi connectivity index (χ0n) is 8.40. The van der Waals surface area contributed by atoms with E-state index in [4.69, 9.17) is 4.74 Å². The van der Waals surface area contributed by atoms with Crippen molar-refractivity contribution in [3.8, 4) is 0 Å². The topological polar surface area (TPSA) is 49.7 Å². The molecule has 6 atom stereocenters. The predicted octanol–water partition coefficient (Wildman–Crippen LogP) is 0.542. The summed E-state index contributed by atoms with van der Waals surface area (Å²) < 4.78 is 5.69. The van der Waals surface area contributed by atoms with Crippen LogP contribution in [0.15, 0.2) is 0 Å². The molecule has 1 saturated heterocycles. The van der Waals surface area contributed by atoms with Gasteiger partial charge in [0, 0.05) is 6.42 Å². The normalized spacial score (nSPS) is 61.2. The second kappa shape index (κ2) is 2.69. The van der Waals surface area contributed by atoms with Gasteiger partial charge >= 0.3 is 0 Å². The van der Waals surface area contributed by atoms with Crippen LogP contribution < -0.4 is 0 Å². The van der Waals surface area contributed by atoms with E-state index in [2.05, 4.69) is 6.92 Å². The number of rotatable bonds is 0. The zero-order valence-corrected chi connectivity index (χ0v) is 8.40. The molecule has 1 saturated carbocycles. The standard InChI is InChI=1S/C10H18O3/c1-5-6(2)10(4-8(10)11)13-7(3)9(5)12/h5-9,11-12H,4H2,1-3H3/t5?,6?,7?,8-,9+,10?/m0/s1. The lowest BCUT2D eigenvalue weighted by atomic mass is 9.80. The van der Waals surface area contributed by atoms with Gasteiger partial charge in [-0.25, -0.2) is 0 Å². The van der Waals surface area contributed by atoms with Crippen LogP contribution in [0.25, 0.3) is 0 Å². The van der Waals surface area contributed by atoms with Crippen LogP contribution in [0.2, 0.25) is 0 Å². The number of ether oxygens (including phenoxy) is 1. The van der Waals surface area contributed by atoms with Gasteiger partial charge in [-0.15, -0.1) is 0 Å². The van der Waals surface area contributed by atoms with Gasteiger partial charge in [0.05, 0.1) is 18.3 Å². The smallest absolute Gasteiger partial charge is 0.100 e. The number of aliphatic hydroxyl groups excluding tert-OH is 2. The monoisotopic (exact) mass is 186 g/mol. The molecule has 1 spiro atoms. The summed E-state index contributed by atoms with van der Waals surface area (Å²) >= 11 is 0. The highest BCUT2D eigenvalue weighted by atomic mass is 16.5. The van der Waals surface area contributed by atoms with E-state index in [-0.39, 0.29) is 29.6 Å². The second-order valence-corrected chi connectivity index (χ2v) is 4.64. The summed E-state index contributed by atoms with van der Waals surface area (Å²) in [4.78, 5) is 0. The van der Waals surface area contributed by atoms with Crippen LogP contribution in [0.1, 0.15) is 27.2 Å². The molecule has 0 aromatic carbocycles. The lowest BCUT2D eigenvalue weighted by Crippen LogP contribution is -2.50. The molecule has 13 heavy (non-hydrogen) atoms. The fourth-order valence-electron chi connectivity index (χ4n) is 2.55. The molecule has 0 aromatic rings. The van der Waals surface area contributed by atoms with E-state index in [1.54, 1.807) is 0 Å². The first-order valence-corrected chi connectivity index (χ1v) is 5.03. The first-order valence-electron chi connectivity index (χ1n) is 5.03. The molecule has 1 heterocycles. The molecule has 2 rings (SSSR count). The van der Waals surface area contributed by atoms with Crippen LogP contribution in [-0.2, 0) is 4.74 Å². The number of hydrogen-bond donors (Lipinski definition) is 2. The summed E-state index contributed by atoms with van der Waals surface area (Å²) in [6.45, 7) is 5.96. The first-order chi connectivity index (χ1) is 5.99. The van der Waals surface area contributed by atoms with Gasteiger partial charge in [0.25, 0.3) is 0 Å². The summed E-state index contributed by atoms with van der Waals surface area (Å²) in [5.74, 6) is 0.453. The van der Waals surface area contributed by atoms with E-state index in [0.717, 1.165) is 6.42 Å². The molecule has 2 aliphatic rings. The number of aliphatic hydroxyl groups is 2. The molecular weight excluding hydrogens is 168 g/mol. The molecule has 2 fully saturated rings. The van der Waals surface area contributed by atoms with Crippen LogP contribution in [0.5, 0.6) is 0 Å². The molecule has 1 aliphatic heterocycles. The summed E-state index contributed by atoms with van der Waals surface area (Å²) in [6, 6.07) is 0. The van der Waals surface area contributed by atoms with Crippen LogP contribution in [-0.4, -0.2) is 34.1 Å². The first kappa shape index (κ1) is 9.44. The average Bonchev–Trinajstić information content (AvgIpc) is 2.71. The highest BCUT2D eigenvalue weighted by molar-refractivity contribution is 5.13. The fourth-order valence-corrected chi connectivity index (χ4v) is 2.55. The van der Waals surface area contributed by atoms with E-state index in [1.807, 2.05) is 13.8 Å². The van der Waals surface area contributed by atoms with Crippen molar-refractivity contribution in [3.05, 3.63) is 0 Å². The Hall–Kier alpha value is -0.120. The van der Waals surface area contributed by atoms with Crippen molar-refractivity contribution in [3.63, 3.8) is 0 Å². The Balaban J connectivity index is 2.17. The Morgan fingerprint density at radius 3 is 2.23 bits per heavy atom. The Morgan fingerprint density at radius 2 is 1.77 bits per heavy atom. The molecule has 0 bridgehead atoms. The van der Waals surface area contributed by atoms with Crippen molar-refractivity contribution in [1.82, 2.24) is 0 Å². The molecule has 0 radical (unpaired) electrons. The lowest BCUT2D eigenvalue weighted by molar-refractivity contribution is -0.185. The Bertz CT molecular complexity index is 218. The van der Waals surface area contributed by atoms with Crippen molar-refractivity contribution < 1.29 is 14.9 Å². The molecule has 1 aliphatic carbocycles. The summed E-state index contributed by atoms with van der Waals surface area (Å²) in [5, 5.41) is 19.3. The Kier molecular flexibility index (Phi) is 1.95. The van der Waals surface area contributed by atoms with E-state index < -0.39 is 6.10 Å². The zero-order chi connectivity index (χ0) is 9.80. The van der Waals surface area contributed by atoms with Gasteiger partial charge < -0.3 is 14.9 Å². The maximum atomic E-state index is 9.76. The highest BCUT2D eigenvalue weighted by Crippen LogP contribution is 2.53. The van der Waals surface area contributed by atoms with Crippen molar-refractivity contribution in [2.45, 2.75) is 51.1 Å². The minimum atomic E-state index is -0.395. The average molecular weight is 186 g/mol. The van der Waals surface area contributed by atoms with E-state index in [0.29, 0.717) is 0 Å². The molecule has 0 amide bonds. The third-order valence-corrected chi connectivity index (χ3v) is 3.90. The third-order valence-electron chi connectivity index (χ3n) is 3.90. The fraction of sp³-hybridized carbons (Fsp3) is 1.00. The van der Waals surface area contributed by atoms with Crippen LogP contribution in [0.4, 0.5) is 0 Å². The molecule has 4 unspecified atom stereocenters. The van der Waals surface area contributed by atoms with Gasteiger partial charge in [-0.05, 0) is 18.8 Å². The van der Waals surface area contributed by atoms with Crippen molar-refractivity contribution >= 4 is 0 Å². The molecular formula is C10H18O3. The van der Waals surface area contributed by atoms with Gasteiger partial charge in [0.15, 0.2) is 0 Å². The SMILES string of the molecule is CC1OC2(C[C@@H]2O)C(C)C(C)[C@H]1O. The van der Waals surface area contributed by atoms with E-state index >= 15 is 0 Å². The van der Waals surface area contributed by atoms with Gasteiger partial charge in [0.1, 0.15) is 5.60 Å². The third kappa shape index (κ3) is 1.14. The van der Waals surface area contributed by atoms with E-state index in [9.17, 15) is 10.2 Å². The number of hydrogen-bond acceptors (Lipinski definition) is 3. The Labute approximate surface area is 78.7 Å². The predicted molar refractivity (Wildman–Crippen MR) is 48.2 cm³/mol. The van der Waals surface area contributed by atoms with Gasteiger partial charge in [-0.3, -0.25) is 0 Å². The van der Waals surface area contributed by atoms with Crippen molar-refractivity contribution in [2.24, 2.45) is 11.8 Å². The van der Waals surface area contributed by atoms with Crippen LogP contribution in [0, 0.1) is 11.8 Å². The molecule has 3 heteroatoms. The molecule has 76 valence electrons. The quantitative estimate of drug-likeness (QED) is 0.580. The summed E-state index contributed by atoms with van der Waals surface area (Å²) in [7, 11) is 0. The van der Waals surface area contributed by atoms with Crippen LogP contribution in [0.3, 0.4) is 0 Å². The Morgan fingerprint density at radius 1 is 1.23 bits per heavy atom. The van der Waals surface area contributed by atoms with Gasteiger partial charge in [-0.2, -0.15) is 0 Å². The maximum absolute atomic E-state index is 9.76. The largest absolute Gasteiger partial charge is 0.390 e. The minimum Gasteiger partial charge on any atom is -0.390 e. The van der Waals surface area contributed by atoms with Crippen molar-refractivity contribution in [1.29, 1.82) is 0 Å². The second-order valence-electron chi connectivity index (χ2n) is 4.64. The van der Waals surface area contributed by atoms with Gasteiger partial charge in [0.2, 0.25) is 0 Å². The van der Waals surface area contributed by atoms with Crippen LogP contribution >= 0.6 is 0 Å². The van der Waals surface area contributed by atoms with E-state index in [1.165, 1.54) is 0 Å². The highest BCUT2D eigenvalue weighted by Gasteiger charge is 2.63. The van der Waals surface area contributed by atoms with Crippen molar-refractivity contribution in [2.75, 3.05) is 0 Å². The molecule has 2 N–H and O–H groups in total. The lowest BCUT2D eigenvalue weighted by Gasteiger charge is -2.42. The van der Waals surface area contributed by atoms with Gasteiger partial charge in [-0.1, -0.05) is 13.8 Å². The molecule has 3 nitrogen and oxygen atoms in total. The minimum absolute atomic E-state index is 0.150. The summed E-state index contributed by atoms with van der Waals surface area (Å²) in [5.41, 5.74) is -0.335. The summed E-state index contributed by atoms with van der Waals surface area (Å²) in [6.07, 6.45) is -0.132. The maximum Gasteiger partial charge on any atom is 0.100 e. The molecule has 0 aromatic heterocycles.